The highest BCUT2D eigenvalue weighted by atomic mass is 79.9. The highest BCUT2D eigenvalue weighted by molar-refractivity contribution is 9.10. The highest BCUT2D eigenvalue weighted by Gasteiger charge is 2.35. The lowest BCUT2D eigenvalue weighted by molar-refractivity contribution is -0.0308. The van der Waals surface area contributed by atoms with E-state index in [0.29, 0.717) is 10.0 Å². The van der Waals surface area contributed by atoms with Crippen molar-refractivity contribution in [1.29, 1.82) is 0 Å². The normalized spacial score (nSPS) is 15.9. The molecule has 2 atom stereocenters. The summed E-state index contributed by atoms with van der Waals surface area (Å²) >= 11 is 9.25. The molecule has 0 amide bonds. The van der Waals surface area contributed by atoms with Crippen molar-refractivity contribution in [2.24, 2.45) is 0 Å². The summed E-state index contributed by atoms with van der Waals surface area (Å²) in [4.78, 5) is 0. The molecule has 114 valence electrons. The van der Waals surface area contributed by atoms with Gasteiger partial charge in [-0.15, -0.1) is 0 Å². The molecule has 0 bridgehead atoms. The van der Waals surface area contributed by atoms with Crippen molar-refractivity contribution >= 4 is 27.5 Å². The lowest BCUT2D eigenvalue weighted by Gasteiger charge is -2.37. The average molecular weight is 367 g/mol. The molecule has 0 aliphatic heterocycles. The summed E-state index contributed by atoms with van der Waals surface area (Å²) in [6.45, 7) is 6.88. The fourth-order valence-electron chi connectivity index (χ4n) is 2.17. The van der Waals surface area contributed by atoms with Crippen LogP contribution in [-0.4, -0.2) is 19.3 Å². The predicted molar refractivity (Wildman–Crippen MR) is 85.8 cm³/mol. The van der Waals surface area contributed by atoms with E-state index in [4.69, 9.17) is 16.3 Å². The first-order chi connectivity index (χ1) is 9.41. The van der Waals surface area contributed by atoms with Crippen LogP contribution in [-0.2, 0) is 4.74 Å². The SMILES string of the molecule is CCCNC(c1ccc(Br)c(Cl)c1F)C(C)(CC)OC. The van der Waals surface area contributed by atoms with E-state index in [9.17, 15) is 4.39 Å². The van der Waals surface area contributed by atoms with Crippen LogP contribution in [0.25, 0.3) is 0 Å². The first kappa shape index (κ1) is 17.9. The van der Waals surface area contributed by atoms with Crippen LogP contribution in [0.2, 0.25) is 5.02 Å². The van der Waals surface area contributed by atoms with Crippen LogP contribution in [0.3, 0.4) is 0 Å². The predicted octanol–water partition coefficient (Wildman–Crippen LogP) is 5.10. The second-order valence-corrected chi connectivity index (χ2v) is 6.25. The Bertz CT molecular complexity index is 452. The monoisotopic (exact) mass is 365 g/mol. The van der Waals surface area contributed by atoms with Gasteiger partial charge in [-0.05, 0) is 48.3 Å². The molecule has 5 heteroatoms. The summed E-state index contributed by atoms with van der Waals surface area (Å²) in [5.41, 5.74) is 0.0468. The number of hydrogen-bond donors (Lipinski definition) is 1. The van der Waals surface area contributed by atoms with Gasteiger partial charge in [0.1, 0.15) is 5.82 Å². The molecule has 1 rings (SSSR count). The van der Waals surface area contributed by atoms with Crippen LogP contribution in [0.15, 0.2) is 16.6 Å². The van der Waals surface area contributed by atoms with Gasteiger partial charge >= 0.3 is 0 Å². The Kier molecular flexibility index (Phi) is 6.92. The molecule has 0 saturated heterocycles. The number of rotatable bonds is 7. The van der Waals surface area contributed by atoms with Crippen LogP contribution < -0.4 is 5.32 Å². The summed E-state index contributed by atoms with van der Waals surface area (Å²) in [6, 6.07) is 3.28. The lowest BCUT2D eigenvalue weighted by atomic mass is 9.87. The second-order valence-electron chi connectivity index (χ2n) is 5.02. The number of halogens is 3. The van der Waals surface area contributed by atoms with E-state index >= 15 is 0 Å². The number of hydrogen-bond acceptors (Lipinski definition) is 2. The summed E-state index contributed by atoms with van der Waals surface area (Å²) in [6.07, 6.45) is 1.73. The van der Waals surface area contributed by atoms with E-state index in [0.717, 1.165) is 19.4 Å². The zero-order valence-electron chi connectivity index (χ0n) is 12.4. The van der Waals surface area contributed by atoms with Gasteiger partial charge in [-0.2, -0.15) is 0 Å². The largest absolute Gasteiger partial charge is 0.377 e. The van der Waals surface area contributed by atoms with Gasteiger partial charge in [-0.1, -0.05) is 31.5 Å². The van der Waals surface area contributed by atoms with Crippen molar-refractivity contribution in [3.05, 3.63) is 33.0 Å². The number of benzene rings is 1. The Hall–Kier alpha value is -0.160. The molecular formula is C15H22BrClFNO. The number of nitrogens with one attached hydrogen (secondary N) is 1. The van der Waals surface area contributed by atoms with E-state index in [1.54, 1.807) is 19.2 Å². The molecule has 20 heavy (non-hydrogen) atoms. The molecule has 1 aromatic rings. The fraction of sp³-hybridized carbons (Fsp3) is 0.600. The van der Waals surface area contributed by atoms with Gasteiger partial charge < -0.3 is 10.1 Å². The Morgan fingerprint density at radius 3 is 2.60 bits per heavy atom. The molecule has 0 spiro atoms. The standard InChI is InChI=1S/C15H22BrClFNO/c1-5-9-19-14(15(3,6-2)20-4)10-7-8-11(16)12(17)13(10)18/h7-8,14,19H,5-6,9H2,1-4H3. The molecule has 2 nitrogen and oxygen atoms in total. The summed E-state index contributed by atoms with van der Waals surface area (Å²) in [5, 5.41) is 3.49. The maximum absolute atomic E-state index is 14.5. The number of ether oxygens (including phenoxy) is 1. The van der Waals surface area contributed by atoms with E-state index in [1.807, 2.05) is 13.8 Å². The summed E-state index contributed by atoms with van der Waals surface area (Å²) in [5.74, 6) is -0.397. The molecule has 1 N–H and O–H groups in total. The third-order valence-corrected chi connectivity index (χ3v) is 5.01. The first-order valence-corrected chi connectivity index (χ1v) is 8.00. The van der Waals surface area contributed by atoms with Crippen molar-refractivity contribution in [1.82, 2.24) is 5.32 Å². The molecule has 0 fully saturated rings. The van der Waals surface area contributed by atoms with Gasteiger partial charge in [0.05, 0.1) is 16.7 Å². The maximum atomic E-state index is 14.5. The molecule has 0 radical (unpaired) electrons. The van der Waals surface area contributed by atoms with Crippen LogP contribution in [0.4, 0.5) is 4.39 Å². The third kappa shape index (κ3) is 3.73. The van der Waals surface area contributed by atoms with Crippen molar-refractivity contribution < 1.29 is 9.13 Å². The molecule has 2 unspecified atom stereocenters. The topological polar surface area (TPSA) is 21.3 Å². The molecule has 0 saturated carbocycles. The minimum Gasteiger partial charge on any atom is -0.377 e. The van der Waals surface area contributed by atoms with Crippen LogP contribution in [0.5, 0.6) is 0 Å². The Morgan fingerprint density at radius 2 is 2.10 bits per heavy atom. The minimum atomic E-state index is -0.493. The highest BCUT2D eigenvalue weighted by Crippen LogP contribution is 2.37. The van der Waals surface area contributed by atoms with Gasteiger partial charge in [0.15, 0.2) is 0 Å². The van der Waals surface area contributed by atoms with Crippen LogP contribution in [0, 0.1) is 5.82 Å². The first-order valence-electron chi connectivity index (χ1n) is 6.83. The fourth-order valence-corrected chi connectivity index (χ4v) is 2.65. The second kappa shape index (κ2) is 7.74. The molecular weight excluding hydrogens is 345 g/mol. The van der Waals surface area contributed by atoms with E-state index in [-0.39, 0.29) is 11.1 Å². The van der Waals surface area contributed by atoms with Crippen LogP contribution in [0.1, 0.15) is 45.2 Å². The Balaban J connectivity index is 3.27. The molecule has 0 aromatic heterocycles. The molecule has 0 aliphatic carbocycles. The smallest absolute Gasteiger partial charge is 0.147 e. The molecule has 0 heterocycles. The van der Waals surface area contributed by atoms with E-state index in [1.165, 1.54) is 0 Å². The van der Waals surface area contributed by atoms with E-state index in [2.05, 4.69) is 28.2 Å². The summed E-state index contributed by atoms with van der Waals surface area (Å²) in [7, 11) is 1.66. The quantitative estimate of drug-likeness (QED) is 0.678. The third-order valence-electron chi connectivity index (χ3n) is 3.75. The van der Waals surface area contributed by atoms with Gasteiger partial charge in [0.25, 0.3) is 0 Å². The van der Waals surface area contributed by atoms with Crippen molar-refractivity contribution in [3.8, 4) is 0 Å². The Morgan fingerprint density at radius 1 is 1.45 bits per heavy atom. The molecule has 0 aliphatic rings. The van der Waals surface area contributed by atoms with Gasteiger partial charge in [0.2, 0.25) is 0 Å². The van der Waals surface area contributed by atoms with Crippen molar-refractivity contribution in [3.63, 3.8) is 0 Å². The Labute approximate surface area is 134 Å². The maximum Gasteiger partial charge on any atom is 0.147 e. The van der Waals surface area contributed by atoms with Gasteiger partial charge in [-0.25, -0.2) is 4.39 Å². The number of methoxy groups -OCH3 is 1. The summed E-state index contributed by atoms with van der Waals surface area (Å²) < 4.78 is 20.7. The van der Waals surface area contributed by atoms with Crippen molar-refractivity contribution in [2.45, 2.75) is 45.3 Å². The van der Waals surface area contributed by atoms with Crippen LogP contribution >= 0.6 is 27.5 Å². The van der Waals surface area contributed by atoms with Gasteiger partial charge in [-0.3, -0.25) is 0 Å². The average Bonchev–Trinajstić information content (AvgIpc) is 2.46. The minimum absolute atomic E-state index is 0.111. The van der Waals surface area contributed by atoms with E-state index < -0.39 is 11.4 Å². The lowest BCUT2D eigenvalue weighted by Crippen LogP contribution is -2.43. The zero-order valence-corrected chi connectivity index (χ0v) is 14.7. The van der Waals surface area contributed by atoms with Crippen molar-refractivity contribution in [2.75, 3.05) is 13.7 Å². The zero-order chi connectivity index (χ0) is 15.3. The molecule has 1 aromatic carbocycles. The van der Waals surface area contributed by atoms with Gasteiger partial charge in [0, 0.05) is 17.1 Å².